The maximum atomic E-state index is 11.4. The molecule has 1 rings (SSSR count). The van der Waals surface area contributed by atoms with Gasteiger partial charge in [0.25, 0.3) is 0 Å². The van der Waals surface area contributed by atoms with E-state index in [9.17, 15) is 4.79 Å². The van der Waals surface area contributed by atoms with Crippen molar-refractivity contribution in [2.24, 2.45) is 5.73 Å². The highest BCUT2D eigenvalue weighted by atomic mass is 16.5. The Morgan fingerprint density at radius 2 is 2.24 bits per heavy atom. The van der Waals surface area contributed by atoms with Crippen molar-refractivity contribution in [2.45, 2.75) is 44.2 Å². The summed E-state index contributed by atoms with van der Waals surface area (Å²) in [6.45, 7) is 1.89. The van der Waals surface area contributed by atoms with Crippen molar-refractivity contribution in [3.63, 3.8) is 0 Å². The lowest BCUT2D eigenvalue weighted by atomic mass is 9.91. The molecule has 17 heavy (non-hydrogen) atoms. The van der Waals surface area contributed by atoms with Crippen LogP contribution in [-0.2, 0) is 9.53 Å². The molecule has 1 fully saturated rings. The molecular weight excluding hydrogens is 218 g/mol. The van der Waals surface area contributed by atoms with E-state index in [1.165, 1.54) is 12.8 Å². The Morgan fingerprint density at radius 3 is 2.94 bits per heavy atom. The van der Waals surface area contributed by atoms with Crippen LogP contribution in [0.15, 0.2) is 0 Å². The number of methoxy groups -OCH3 is 1. The number of ether oxygens (including phenoxy) is 1. The Morgan fingerprint density at radius 1 is 1.41 bits per heavy atom. The summed E-state index contributed by atoms with van der Waals surface area (Å²) in [5.41, 5.74) is 5.90. The summed E-state index contributed by atoms with van der Waals surface area (Å²) in [4.78, 5) is 11.4. The zero-order chi connectivity index (χ0) is 12.5. The van der Waals surface area contributed by atoms with Gasteiger partial charge in [0.15, 0.2) is 0 Å². The molecule has 2 unspecified atom stereocenters. The summed E-state index contributed by atoms with van der Waals surface area (Å²) in [6.07, 6.45) is 5.06. The largest absolute Gasteiger partial charge is 0.383 e. The van der Waals surface area contributed by atoms with Gasteiger partial charge in [0.2, 0.25) is 5.91 Å². The first-order chi connectivity index (χ1) is 8.22. The minimum atomic E-state index is 0.0784. The van der Waals surface area contributed by atoms with Crippen molar-refractivity contribution < 1.29 is 9.53 Å². The Hall–Kier alpha value is -0.650. The number of hydrogen-bond donors (Lipinski definition) is 3. The third kappa shape index (κ3) is 6.61. The second-order valence-corrected chi connectivity index (χ2v) is 4.67. The van der Waals surface area contributed by atoms with Crippen LogP contribution in [-0.4, -0.2) is 44.8 Å². The van der Waals surface area contributed by atoms with Crippen molar-refractivity contribution in [1.29, 1.82) is 0 Å². The number of rotatable bonds is 7. The highest BCUT2D eigenvalue weighted by molar-refractivity contribution is 5.76. The summed E-state index contributed by atoms with van der Waals surface area (Å²) in [5.74, 6) is 0.0784. The second-order valence-electron chi connectivity index (χ2n) is 4.67. The second kappa shape index (κ2) is 8.44. The van der Waals surface area contributed by atoms with E-state index in [0.717, 1.165) is 19.4 Å². The smallest absolute Gasteiger partial charge is 0.221 e. The topological polar surface area (TPSA) is 76.4 Å². The predicted molar refractivity (Wildman–Crippen MR) is 67.7 cm³/mol. The van der Waals surface area contributed by atoms with Crippen LogP contribution >= 0.6 is 0 Å². The molecule has 1 saturated carbocycles. The van der Waals surface area contributed by atoms with E-state index in [1.54, 1.807) is 7.11 Å². The van der Waals surface area contributed by atoms with Crippen molar-refractivity contribution >= 4 is 5.91 Å². The molecule has 0 heterocycles. The van der Waals surface area contributed by atoms with Gasteiger partial charge >= 0.3 is 0 Å². The fourth-order valence-corrected chi connectivity index (χ4v) is 2.18. The first-order valence-electron chi connectivity index (χ1n) is 6.47. The number of nitrogens with two attached hydrogens (primary N) is 1. The van der Waals surface area contributed by atoms with Crippen LogP contribution in [0.5, 0.6) is 0 Å². The highest BCUT2D eigenvalue weighted by Gasteiger charge is 2.18. The highest BCUT2D eigenvalue weighted by Crippen LogP contribution is 2.16. The molecule has 1 aliphatic carbocycles. The fraction of sp³-hybridized carbons (Fsp3) is 0.917. The van der Waals surface area contributed by atoms with Gasteiger partial charge in [0.1, 0.15) is 0 Å². The average Bonchev–Trinajstić information content (AvgIpc) is 2.29. The van der Waals surface area contributed by atoms with Gasteiger partial charge < -0.3 is 21.1 Å². The molecule has 0 spiro atoms. The van der Waals surface area contributed by atoms with Gasteiger partial charge in [-0.15, -0.1) is 0 Å². The van der Waals surface area contributed by atoms with Gasteiger partial charge in [-0.3, -0.25) is 4.79 Å². The molecular formula is C12H25N3O2. The molecule has 1 aliphatic rings. The third-order valence-electron chi connectivity index (χ3n) is 3.13. The molecule has 100 valence electrons. The number of amides is 1. The molecule has 0 bridgehead atoms. The van der Waals surface area contributed by atoms with Crippen LogP contribution in [0.25, 0.3) is 0 Å². The lowest BCUT2D eigenvalue weighted by molar-refractivity contribution is -0.121. The van der Waals surface area contributed by atoms with E-state index in [2.05, 4.69) is 10.6 Å². The number of hydrogen-bond acceptors (Lipinski definition) is 4. The summed E-state index contributed by atoms with van der Waals surface area (Å²) in [7, 11) is 1.63. The van der Waals surface area contributed by atoms with Crippen molar-refractivity contribution in [3.05, 3.63) is 0 Å². The lowest BCUT2D eigenvalue weighted by Crippen LogP contribution is -2.40. The van der Waals surface area contributed by atoms with E-state index in [1.807, 2.05) is 0 Å². The number of nitrogens with one attached hydrogen (secondary N) is 2. The molecule has 0 aromatic carbocycles. The van der Waals surface area contributed by atoms with Crippen LogP contribution in [0.4, 0.5) is 0 Å². The summed E-state index contributed by atoms with van der Waals surface area (Å²) < 4.78 is 4.86. The van der Waals surface area contributed by atoms with Crippen molar-refractivity contribution in [2.75, 3.05) is 26.8 Å². The molecule has 5 heteroatoms. The first kappa shape index (κ1) is 14.4. The van der Waals surface area contributed by atoms with Crippen LogP contribution in [0, 0.1) is 0 Å². The van der Waals surface area contributed by atoms with E-state index >= 15 is 0 Å². The maximum absolute atomic E-state index is 11.4. The van der Waals surface area contributed by atoms with Gasteiger partial charge in [-0.05, 0) is 19.3 Å². The van der Waals surface area contributed by atoms with E-state index in [-0.39, 0.29) is 5.91 Å². The van der Waals surface area contributed by atoms with Crippen molar-refractivity contribution in [3.8, 4) is 0 Å². The minimum absolute atomic E-state index is 0.0784. The monoisotopic (exact) mass is 243 g/mol. The molecule has 0 radical (unpaired) electrons. The Bertz CT molecular complexity index is 224. The van der Waals surface area contributed by atoms with Gasteiger partial charge in [-0.25, -0.2) is 0 Å². The van der Waals surface area contributed by atoms with E-state index in [4.69, 9.17) is 10.5 Å². The zero-order valence-corrected chi connectivity index (χ0v) is 10.7. The quantitative estimate of drug-likeness (QED) is 0.550. The Kier molecular flexibility index (Phi) is 7.16. The van der Waals surface area contributed by atoms with Gasteiger partial charge in [0, 0.05) is 38.7 Å². The molecule has 0 aromatic rings. The zero-order valence-electron chi connectivity index (χ0n) is 10.7. The average molecular weight is 243 g/mol. The van der Waals surface area contributed by atoms with E-state index < -0.39 is 0 Å². The maximum Gasteiger partial charge on any atom is 0.221 e. The van der Waals surface area contributed by atoms with Crippen LogP contribution in [0.1, 0.15) is 32.1 Å². The fourth-order valence-electron chi connectivity index (χ4n) is 2.18. The molecule has 5 nitrogen and oxygen atoms in total. The molecule has 0 saturated heterocycles. The lowest BCUT2D eigenvalue weighted by Gasteiger charge is -2.27. The minimum Gasteiger partial charge on any atom is -0.383 e. The molecule has 1 amide bonds. The third-order valence-corrected chi connectivity index (χ3v) is 3.13. The standard InChI is InChI=1S/C12H25N3O2/c1-17-8-7-15-12(16)5-6-14-11-4-2-3-10(13)9-11/h10-11,14H,2-9,13H2,1H3,(H,15,16). The molecule has 0 aromatic heterocycles. The number of carbonyl (C=O) groups excluding carboxylic acids is 1. The van der Waals surface area contributed by atoms with Crippen LogP contribution < -0.4 is 16.4 Å². The Balaban J connectivity index is 2.00. The normalized spacial score (nSPS) is 24.6. The summed E-state index contributed by atoms with van der Waals surface area (Å²) in [5, 5.41) is 6.20. The summed E-state index contributed by atoms with van der Waals surface area (Å²) >= 11 is 0. The van der Waals surface area contributed by atoms with Crippen LogP contribution in [0.3, 0.4) is 0 Å². The summed E-state index contributed by atoms with van der Waals surface area (Å²) in [6, 6.07) is 0.822. The Labute approximate surface area is 103 Å². The SMILES string of the molecule is COCCNC(=O)CCNC1CCCC(N)C1. The van der Waals surface area contributed by atoms with E-state index in [0.29, 0.717) is 31.7 Å². The van der Waals surface area contributed by atoms with Crippen LogP contribution in [0.2, 0.25) is 0 Å². The molecule has 4 N–H and O–H groups in total. The molecule has 0 aliphatic heterocycles. The number of carbonyl (C=O) groups is 1. The van der Waals surface area contributed by atoms with Crippen molar-refractivity contribution in [1.82, 2.24) is 10.6 Å². The molecule has 2 atom stereocenters. The van der Waals surface area contributed by atoms with Gasteiger partial charge in [-0.2, -0.15) is 0 Å². The van der Waals surface area contributed by atoms with Gasteiger partial charge in [-0.1, -0.05) is 6.42 Å². The van der Waals surface area contributed by atoms with Gasteiger partial charge in [0.05, 0.1) is 6.61 Å². The predicted octanol–water partition coefficient (Wildman–Crippen LogP) is -0.00140. The first-order valence-corrected chi connectivity index (χ1v) is 6.47.